The summed E-state index contributed by atoms with van der Waals surface area (Å²) in [5, 5.41) is 35.8. The fourth-order valence-electron chi connectivity index (χ4n) is 1.08. The largest absolute Gasteiger partial charge is 0.391 e. The highest BCUT2D eigenvalue weighted by atomic mass is 16.6. The van der Waals surface area contributed by atoms with Crippen molar-refractivity contribution in [2.45, 2.75) is 37.6 Å². The highest BCUT2D eigenvalue weighted by Gasteiger charge is 2.43. The van der Waals surface area contributed by atoms with Crippen LogP contribution in [0.15, 0.2) is 0 Å². The van der Waals surface area contributed by atoms with Crippen LogP contribution in [0.25, 0.3) is 0 Å². The van der Waals surface area contributed by atoms with E-state index in [9.17, 15) is 0 Å². The molecule has 2 unspecified atom stereocenters. The predicted octanol–water partition coefficient (Wildman–Crippen LogP) is -2.19. The van der Waals surface area contributed by atoms with Crippen molar-refractivity contribution in [2.24, 2.45) is 0 Å². The Bertz CT molecular complexity index is 137. The third-order valence-corrected chi connectivity index (χ3v) is 1.75. The van der Waals surface area contributed by atoms with Crippen LogP contribution in [-0.2, 0) is 4.74 Å². The second-order valence-corrected chi connectivity index (χ2v) is 2.71. The minimum absolute atomic E-state index is 0.903. The molecule has 0 aromatic heterocycles. The van der Waals surface area contributed by atoms with Gasteiger partial charge in [-0.25, -0.2) is 0 Å². The summed E-state index contributed by atoms with van der Waals surface area (Å²) in [7, 11) is 0. The van der Waals surface area contributed by atoms with Gasteiger partial charge in [0.1, 0.15) is 18.3 Å². The molecule has 5 atom stereocenters. The van der Waals surface area contributed by atoms with E-state index in [4.69, 9.17) is 20.4 Å². The smallest absolute Gasteiger partial charge is 0.184 e. The summed E-state index contributed by atoms with van der Waals surface area (Å²) in [6.45, 7) is 1.42. The summed E-state index contributed by atoms with van der Waals surface area (Å²) in [6.07, 6.45) is -5.75. The molecule has 5 heteroatoms. The summed E-state index contributed by atoms with van der Waals surface area (Å²) in [4.78, 5) is 0. The highest BCUT2D eigenvalue weighted by Crippen LogP contribution is 2.21. The Balaban J connectivity index is 2.59. The molecule has 0 bridgehead atoms. The molecule has 0 amide bonds. The van der Waals surface area contributed by atoms with Crippen LogP contribution in [0.5, 0.6) is 0 Å². The van der Waals surface area contributed by atoms with E-state index in [2.05, 4.69) is 4.74 Å². The molecule has 0 radical (unpaired) electrons. The van der Waals surface area contributed by atoms with Crippen molar-refractivity contribution in [2.75, 3.05) is 0 Å². The fraction of sp³-hybridized carbons (Fsp3) is 1.00. The number of ether oxygens (including phenoxy) is 1. The molecule has 1 saturated heterocycles. The summed E-state index contributed by atoms with van der Waals surface area (Å²) in [5.41, 5.74) is 0. The van der Waals surface area contributed by atoms with Crippen LogP contribution in [0.1, 0.15) is 6.92 Å². The summed E-state index contributed by atoms with van der Waals surface area (Å²) >= 11 is 0. The Hall–Kier alpha value is -0.200. The normalized spacial score (nSPS) is 47.7. The molecule has 1 fully saturated rings. The monoisotopic (exact) mass is 164 g/mol. The van der Waals surface area contributed by atoms with Crippen molar-refractivity contribution in [3.63, 3.8) is 0 Å². The minimum Gasteiger partial charge on any atom is -0.391 e. The summed E-state index contributed by atoms with van der Waals surface area (Å²) in [6, 6.07) is 0. The lowest BCUT2D eigenvalue weighted by molar-refractivity contribution is -0.143. The maximum atomic E-state index is 9.10. The van der Waals surface area contributed by atoms with Gasteiger partial charge in [0.05, 0.1) is 6.10 Å². The van der Waals surface area contributed by atoms with Gasteiger partial charge in [0.15, 0.2) is 6.29 Å². The molecule has 0 aliphatic carbocycles. The van der Waals surface area contributed by atoms with Gasteiger partial charge < -0.3 is 25.2 Å². The Morgan fingerprint density at radius 2 is 1.73 bits per heavy atom. The number of rotatable bonds is 1. The molecule has 0 aromatic rings. The lowest BCUT2D eigenvalue weighted by atomic mass is 10.1. The van der Waals surface area contributed by atoms with Gasteiger partial charge in [-0.1, -0.05) is 0 Å². The molecule has 0 spiro atoms. The number of aliphatic hydroxyl groups excluding tert-OH is 4. The van der Waals surface area contributed by atoms with E-state index in [0.717, 1.165) is 0 Å². The lowest BCUT2D eigenvalue weighted by Crippen LogP contribution is -2.37. The van der Waals surface area contributed by atoms with Gasteiger partial charge >= 0.3 is 0 Å². The van der Waals surface area contributed by atoms with Crippen molar-refractivity contribution >= 4 is 0 Å². The van der Waals surface area contributed by atoms with Crippen molar-refractivity contribution in [1.82, 2.24) is 0 Å². The van der Waals surface area contributed by atoms with Gasteiger partial charge in [-0.15, -0.1) is 0 Å². The van der Waals surface area contributed by atoms with E-state index < -0.39 is 30.7 Å². The summed E-state index contributed by atoms with van der Waals surface area (Å²) in [5.74, 6) is 0. The van der Waals surface area contributed by atoms with Crippen molar-refractivity contribution < 1.29 is 25.2 Å². The zero-order valence-electron chi connectivity index (χ0n) is 6.08. The maximum absolute atomic E-state index is 9.10. The first kappa shape index (κ1) is 8.89. The van der Waals surface area contributed by atoms with Crippen LogP contribution in [-0.4, -0.2) is 51.1 Å². The predicted molar refractivity (Wildman–Crippen MR) is 34.6 cm³/mol. The molecular formula is C6H12O5. The van der Waals surface area contributed by atoms with E-state index in [-0.39, 0.29) is 0 Å². The van der Waals surface area contributed by atoms with Crippen molar-refractivity contribution in [3.05, 3.63) is 0 Å². The number of hydrogen-bond acceptors (Lipinski definition) is 5. The molecule has 1 rings (SSSR count). The Labute approximate surface area is 63.8 Å². The van der Waals surface area contributed by atoms with Crippen LogP contribution in [0.2, 0.25) is 0 Å². The van der Waals surface area contributed by atoms with Gasteiger partial charge in [0.25, 0.3) is 0 Å². The molecule has 0 aromatic carbocycles. The van der Waals surface area contributed by atoms with Gasteiger partial charge in [-0.05, 0) is 6.92 Å². The first-order valence-corrected chi connectivity index (χ1v) is 3.41. The molecule has 1 aliphatic rings. The first-order chi connectivity index (χ1) is 5.04. The van der Waals surface area contributed by atoms with Crippen molar-refractivity contribution in [1.29, 1.82) is 0 Å². The quantitative estimate of drug-likeness (QED) is 0.353. The topological polar surface area (TPSA) is 90.2 Å². The molecule has 1 heterocycles. The molecular weight excluding hydrogens is 152 g/mol. The molecule has 1 aliphatic heterocycles. The third-order valence-electron chi connectivity index (χ3n) is 1.75. The Kier molecular flexibility index (Phi) is 2.46. The maximum Gasteiger partial charge on any atom is 0.184 e. The molecule has 66 valence electrons. The SMILES string of the molecule is C[C@@H](O)[C@H]1O[C@@H](O)C(O)C1O. The van der Waals surface area contributed by atoms with Gasteiger partial charge in [-0.3, -0.25) is 0 Å². The average Bonchev–Trinajstić information content (AvgIpc) is 2.17. The zero-order chi connectivity index (χ0) is 8.59. The summed E-state index contributed by atoms with van der Waals surface area (Å²) < 4.78 is 4.65. The van der Waals surface area contributed by atoms with E-state index >= 15 is 0 Å². The fourth-order valence-corrected chi connectivity index (χ4v) is 1.08. The number of hydrogen-bond donors (Lipinski definition) is 4. The van der Waals surface area contributed by atoms with Crippen LogP contribution < -0.4 is 0 Å². The Morgan fingerprint density at radius 1 is 1.18 bits per heavy atom. The van der Waals surface area contributed by atoms with Crippen LogP contribution in [0.4, 0.5) is 0 Å². The molecule has 11 heavy (non-hydrogen) atoms. The molecule has 4 N–H and O–H groups in total. The van der Waals surface area contributed by atoms with Gasteiger partial charge in [0.2, 0.25) is 0 Å². The van der Waals surface area contributed by atoms with Gasteiger partial charge in [0, 0.05) is 0 Å². The molecule has 0 saturated carbocycles. The second-order valence-electron chi connectivity index (χ2n) is 2.71. The van der Waals surface area contributed by atoms with E-state index in [1.807, 2.05) is 0 Å². The Morgan fingerprint density at radius 3 is 1.91 bits per heavy atom. The average molecular weight is 164 g/mol. The first-order valence-electron chi connectivity index (χ1n) is 3.41. The standard InChI is InChI=1S/C6H12O5/c1-2(7)5-3(8)4(9)6(10)11-5/h2-10H,1H3/t2-,3?,4?,5-,6-/m1/s1. The lowest BCUT2D eigenvalue weighted by Gasteiger charge is -2.16. The van der Waals surface area contributed by atoms with E-state index in [1.165, 1.54) is 6.92 Å². The second kappa shape index (κ2) is 3.04. The number of aliphatic hydroxyl groups is 4. The van der Waals surface area contributed by atoms with Crippen LogP contribution in [0.3, 0.4) is 0 Å². The van der Waals surface area contributed by atoms with Crippen LogP contribution in [0, 0.1) is 0 Å². The highest BCUT2D eigenvalue weighted by molar-refractivity contribution is 4.88. The van der Waals surface area contributed by atoms with E-state index in [0.29, 0.717) is 0 Å². The third kappa shape index (κ3) is 1.52. The van der Waals surface area contributed by atoms with E-state index in [1.54, 1.807) is 0 Å². The zero-order valence-corrected chi connectivity index (χ0v) is 6.08. The minimum atomic E-state index is -1.40. The molecule has 5 nitrogen and oxygen atoms in total. The van der Waals surface area contributed by atoms with Crippen molar-refractivity contribution in [3.8, 4) is 0 Å². The van der Waals surface area contributed by atoms with Gasteiger partial charge in [-0.2, -0.15) is 0 Å². The van der Waals surface area contributed by atoms with Crippen LogP contribution >= 0.6 is 0 Å².